The zero-order valence-electron chi connectivity index (χ0n) is 28.8. The van der Waals surface area contributed by atoms with Gasteiger partial charge in [0.2, 0.25) is 0 Å². The van der Waals surface area contributed by atoms with Crippen LogP contribution in [0, 0.1) is 0 Å². The van der Waals surface area contributed by atoms with Gasteiger partial charge in [0.05, 0.1) is 0 Å². The zero-order chi connectivity index (χ0) is 34.6. The van der Waals surface area contributed by atoms with Crippen LogP contribution >= 0.6 is 0 Å². The molecular weight excluding hydrogens is 599 g/mol. The molecule has 0 aliphatic heterocycles. The Kier molecular flexibility index (Phi) is 36.2. The molecular formula is C36H68F3NO6. The monoisotopic (exact) mass is 667 g/mol. The van der Waals surface area contributed by atoms with Gasteiger partial charge in [0.1, 0.15) is 0 Å². The van der Waals surface area contributed by atoms with E-state index in [0.717, 1.165) is 25.7 Å². The van der Waals surface area contributed by atoms with Gasteiger partial charge in [-0.05, 0) is 38.8 Å². The fourth-order valence-electron chi connectivity index (χ4n) is 5.42. The van der Waals surface area contributed by atoms with Crippen molar-refractivity contribution < 1.29 is 42.9 Å². The van der Waals surface area contributed by atoms with Crippen molar-refractivity contribution >= 4 is 17.9 Å². The largest absolute Gasteiger partial charge is 0.490 e. The third-order valence-electron chi connectivity index (χ3n) is 8.23. The molecule has 0 rings (SSSR count). The maximum atomic E-state index is 10.6. The number of unbranched alkanes of at least 4 members (excludes halogenated alkanes) is 26. The first-order valence-electron chi connectivity index (χ1n) is 18.5. The first kappa shape index (κ1) is 46.3. The fraction of sp³-hybridized carbons (Fsp3) is 0.917. The average molecular weight is 668 g/mol. The highest BCUT2D eigenvalue weighted by Gasteiger charge is 2.38. The Labute approximate surface area is 277 Å². The summed E-state index contributed by atoms with van der Waals surface area (Å²) in [5.74, 6) is -4.07. The van der Waals surface area contributed by atoms with Gasteiger partial charge in [0.15, 0.2) is 0 Å². The summed E-state index contributed by atoms with van der Waals surface area (Å²) in [6, 6.07) is 0. The summed E-state index contributed by atoms with van der Waals surface area (Å²) in [5, 5.41) is 28.0. The summed E-state index contributed by atoms with van der Waals surface area (Å²) in [6.45, 7) is 2.39. The molecule has 0 unspecified atom stereocenters. The molecule has 0 saturated heterocycles. The van der Waals surface area contributed by atoms with Crippen molar-refractivity contribution in [2.24, 2.45) is 0 Å². The van der Waals surface area contributed by atoms with E-state index in [1.807, 2.05) is 0 Å². The zero-order valence-corrected chi connectivity index (χ0v) is 28.8. The molecule has 274 valence electrons. The van der Waals surface area contributed by atoms with Gasteiger partial charge < -0.3 is 20.6 Å². The van der Waals surface area contributed by atoms with Gasteiger partial charge in [-0.25, -0.2) is 4.79 Å². The first-order chi connectivity index (χ1) is 22.1. The maximum Gasteiger partial charge on any atom is 0.490 e. The molecule has 0 bridgehead atoms. The van der Waals surface area contributed by atoms with Crippen LogP contribution in [0.25, 0.3) is 0 Å². The number of hydrogen-bond acceptors (Lipinski definition) is 4. The van der Waals surface area contributed by atoms with E-state index in [-0.39, 0.29) is 0 Å². The number of nitrogens with one attached hydrogen (secondary N) is 1. The molecule has 0 aliphatic rings. The lowest BCUT2D eigenvalue weighted by atomic mass is 10.0. The number of carboxylic acid groups (broad SMARTS) is 3. The minimum absolute atomic E-state index is 0.335. The van der Waals surface area contributed by atoms with E-state index in [1.54, 1.807) is 0 Å². The Bertz CT molecular complexity index is 647. The van der Waals surface area contributed by atoms with E-state index in [9.17, 15) is 22.8 Å². The van der Waals surface area contributed by atoms with Crippen molar-refractivity contribution in [3.8, 4) is 0 Å². The highest BCUT2D eigenvalue weighted by atomic mass is 19.4. The number of halogens is 3. The highest BCUT2D eigenvalue weighted by Crippen LogP contribution is 2.15. The van der Waals surface area contributed by atoms with Crippen LogP contribution in [0.15, 0.2) is 0 Å². The Hall–Kier alpha value is -1.84. The van der Waals surface area contributed by atoms with Crippen molar-refractivity contribution in [2.75, 3.05) is 13.1 Å². The molecule has 4 N–H and O–H groups in total. The second-order valence-electron chi connectivity index (χ2n) is 12.7. The van der Waals surface area contributed by atoms with E-state index in [4.69, 9.17) is 20.1 Å². The number of rotatable bonds is 34. The summed E-state index contributed by atoms with van der Waals surface area (Å²) >= 11 is 0. The lowest BCUT2D eigenvalue weighted by Gasteiger charge is -2.06. The quantitative estimate of drug-likeness (QED) is 0.0503. The van der Waals surface area contributed by atoms with Gasteiger partial charge in [0.25, 0.3) is 0 Å². The second-order valence-corrected chi connectivity index (χ2v) is 12.7. The molecule has 0 atom stereocenters. The van der Waals surface area contributed by atoms with Crippen LogP contribution in [-0.4, -0.2) is 52.5 Å². The first-order valence-corrected chi connectivity index (χ1v) is 18.5. The predicted octanol–water partition coefficient (Wildman–Crippen LogP) is 11.1. The summed E-state index contributed by atoms with van der Waals surface area (Å²) in [6.07, 6.45) is 31.9. The summed E-state index contributed by atoms with van der Waals surface area (Å²) in [4.78, 5) is 29.8. The number of carbonyl (C=O) groups is 3. The van der Waals surface area contributed by atoms with Crippen LogP contribution in [0.3, 0.4) is 0 Å². The molecule has 0 saturated carbocycles. The molecule has 46 heavy (non-hydrogen) atoms. The third-order valence-corrected chi connectivity index (χ3v) is 8.23. The molecule has 0 aromatic rings. The molecule has 0 spiro atoms. The molecule has 0 amide bonds. The standard InChI is InChI=1S/C34H67NO4.C2HF3O2/c36-33(37)29-25-21-17-13-9-5-1-3-7-11-15-19-23-27-31-35-32-28-24-20-16-12-8-4-2-6-10-14-18-22-26-30-34(38)39;3-2(4,5)1(6)7/h35H,1-32H2,(H,36,37)(H,38,39);(H,6,7). The SMILES string of the molecule is O=C(O)C(F)(F)F.O=C(O)CCCCCCCCCCCCCCCCNCCCCCCCCCCCCCCCCC(=O)O. The lowest BCUT2D eigenvalue weighted by molar-refractivity contribution is -0.192. The molecule has 0 aliphatic carbocycles. The average Bonchev–Trinajstić information content (AvgIpc) is 2.99. The van der Waals surface area contributed by atoms with Crippen molar-refractivity contribution in [1.29, 1.82) is 0 Å². The Morgan fingerprint density at radius 2 is 0.543 bits per heavy atom. The van der Waals surface area contributed by atoms with Crippen molar-refractivity contribution in [3.63, 3.8) is 0 Å². The molecule has 0 aromatic heterocycles. The van der Waals surface area contributed by atoms with Crippen LogP contribution in [0.2, 0.25) is 0 Å². The molecule has 10 heteroatoms. The minimum Gasteiger partial charge on any atom is -0.481 e. The van der Waals surface area contributed by atoms with Gasteiger partial charge in [-0.1, -0.05) is 154 Å². The fourth-order valence-corrected chi connectivity index (χ4v) is 5.42. The maximum absolute atomic E-state index is 10.6. The molecule has 0 heterocycles. The number of aliphatic carboxylic acids is 3. The van der Waals surface area contributed by atoms with Crippen LogP contribution in [-0.2, 0) is 14.4 Å². The van der Waals surface area contributed by atoms with Gasteiger partial charge >= 0.3 is 24.1 Å². The smallest absolute Gasteiger partial charge is 0.481 e. The van der Waals surface area contributed by atoms with Crippen molar-refractivity contribution in [1.82, 2.24) is 5.32 Å². The summed E-state index contributed by atoms with van der Waals surface area (Å²) in [7, 11) is 0. The molecule has 0 fully saturated rings. The van der Waals surface area contributed by atoms with Gasteiger partial charge in [-0.3, -0.25) is 9.59 Å². The Morgan fingerprint density at radius 1 is 0.370 bits per heavy atom. The van der Waals surface area contributed by atoms with Gasteiger partial charge in [-0.2, -0.15) is 13.2 Å². The third kappa shape index (κ3) is 44.3. The van der Waals surface area contributed by atoms with Gasteiger partial charge in [0, 0.05) is 12.8 Å². The molecule has 0 aromatic carbocycles. The van der Waals surface area contributed by atoms with E-state index in [0.29, 0.717) is 12.8 Å². The Balaban J connectivity index is 0. The number of carboxylic acids is 3. The summed E-state index contributed by atoms with van der Waals surface area (Å²) in [5.41, 5.74) is 0. The van der Waals surface area contributed by atoms with Crippen LogP contribution < -0.4 is 5.32 Å². The second kappa shape index (κ2) is 36.0. The highest BCUT2D eigenvalue weighted by molar-refractivity contribution is 5.73. The Morgan fingerprint density at radius 3 is 0.717 bits per heavy atom. The minimum atomic E-state index is -5.08. The topological polar surface area (TPSA) is 124 Å². The van der Waals surface area contributed by atoms with Crippen LogP contribution in [0.1, 0.15) is 193 Å². The van der Waals surface area contributed by atoms with Gasteiger partial charge in [-0.15, -0.1) is 0 Å². The predicted molar refractivity (Wildman–Crippen MR) is 180 cm³/mol. The van der Waals surface area contributed by atoms with Crippen LogP contribution in [0.4, 0.5) is 13.2 Å². The molecule has 7 nitrogen and oxygen atoms in total. The summed E-state index contributed by atoms with van der Waals surface area (Å²) < 4.78 is 31.7. The van der Waals surface area contributed by atoms with E-state index >= 15 is 0 Å². The number of hydrogen-bond donors (Lipinski definition) is 4. The molecule has 0 radical (unpaired) electrons. The van der Waals surface area contributed by atoms with Crippen molar-refractivity contribution in [2.45, 2.75) is 199 Å². The van der Waals surface area contributed by atoms with E-state index in [1.165, 1.54) is 167 Å². The van der Waals surface area contributed by atoms with Crippen molar-refractivity contribution in [3.05, 3.63) is 0 Å². The van der Waals surface area contributed by atoms with Crippen LogP contribution in [0.5, 0.6) is 0 Å². The number of alkyl halides is 3. The van der Waals surface area contributed by atoms with E-state index < -0.39 is 24.1 Å². The lowest BCUT2D eigenvalue weighted by Crippen LogP contribution is -2.21. The normalized spacial score (nSPS) is 11.3. The van der Waals surface area contributed by atoms with E-state index in [2.05, 4.69) is 5.32 Å².